The summed E-state index contributed by atoms with van der Waals surface area (Å²) in [6.07, 6.45) is 0. The van der Waals surface area contributed by atoms with Gasteiger partial charge in [-0.25, -0.2) is 0 Å². The van der Waals surface area contributed by atoms with Crippen molar-refractivity contribution >= 4 is 80.4 Å². The standard InChI is InChI=1S/C22H17Cl3N2OS2/c23-17-11-12-18(21(25)20(17)24)26-19(28)14-30-22(29)27(16-9-5-2-6-10-16)13-15-7-3-1-4-8-15/h1-12H,13-14H2,(H,26,28). The zero-order valence-electron chi connectivity index (χ0n) is 15.6. The fourth-order valence-electron chi connectivity index (χ4n) is 2.65. The maximum absolute atomic E-state index is 12.4. The molecule has 0 saturated heterocycles. The van der Waals surface area contributed by atoms with Crippen LogP contribution >= 0.6 is 58.8 Å². The third kappa shape index (κ3) is 6.13. The van der Waals surface area contributed by atoms with E-state index in [0.717, 1.165) is 11.3 Å². The maximum Gasteiger partial charge on any atom is 0.234 e. The molecule has 0 aliphatic carbocycles. The molecule has 0 saturated carbocycles. The minimum absolute atomic E-state index is 0.132. The molecule has 0 heterocycles. The first-order valence-electron chi connectivity index (χ1n) is 8.92. The van der Waals surface area contributed by atoms with E-state index in [0.29, 0.717) is 21.6 Å². The summed E-state index contributed by atoms with van der Waals surface area (Å²) in [4.78, 5) is 14.4. The molecule has 0 spiro atoms. The van der Waals surface area contributed by atoms with Gasteiger partial charge in [0.15, 0.2) is 0 Å². The molecule has 0 fully saturated rings. The first kappa shape index (κ1) is 22.9. The van der Waals surface area contributed by atoms with Gasteiger partial charge in [-0.15, -0.1) is 0 Å². The Morgan fingerprint density at radius 2 is 1.53 bits per heavy atom. The number of hydrogen-bond acceptors (Lipinski definition) is 3. The fourth-order valence-corrected chi connectivity index (χ4v) is 4.23. The molecule has 0 aliphatic heterocycles. The second-order valence-corrected chi connectivity index (χ2v) is 9.01. The van der Waals surface area contributed by atoms with Crippen LogP contribution in [0.25, 0.3) is 0 Å². The highest BCUT2D eigenvalue weighted by Gasteiger charge is 2.16. The van der Waals surface area contributed by atoms with Crippen LogP contribution in [0, 0.1) is 0 Å². The summed E-state index contributed by atoms with van der Waals surface area (Å²) in [6.45, 7) is 0.608. The van der Waals surface area contributed by atoms with E-state index in [-0.39, 0.29) is 21.7 Å². The Kier molecular flexibility index (Phi) is 8.42. The summed E-state index contributed by atoms with van der Waals surface area (Å²) in [5.41, 5.74) is 2.50. The molecule has 0 unspecified atom stereocenters. The zero-order chi connectivity index (χ0) is 21.5. The van der Waals surface area contributed by atoms with Crippen molar-refractivity contribution in [2.45, 2.75) is 6.54 Å². The molecule has 0 aliphatic rings. The average molecular weight is 496 g/mol. The number of hydrogen-bond donors (Lipinski definition) is 1. The first-order valence-corrected chi connectivity index (χ1v) is 11.4. The van der Waals surface area contributed by atoms with Crippen LogP contribution in [0.15, 0.2) is 72.8 Å². The van der Waals surface area contributed by atoms with Crippen molar-refractivity contribution in [2.75, 3.05) is 16.0 Å². The maximum atomic E-state index is 12.4. The summed E-state index contributed by atoms with van der Waals surface area (Å²) in [5, 5.41) is 3.49. The van der Waals surface area contributed by atoms with Gasteiger partial charge >= 0.3 is 0 Å². The van der Waals surface area contributed by atoms with Gasteiger partial charge in [-0.1, -0.05) is 107 Å². The van der Waals surface area contributed by atoms with Crippen molar-refractivity contribution in [3.05, 3.63) is 93.4 Å². The number of anilines is 2. The smallest absolute Gasteiger partial charge is 0.234 e. The van der Waals surface area contributed by atoms with Crippen LogP contribution < -0.4 is 10.2 Å². The summed E-state index contributed by atoms with van der Waals surface area (Å²) >= 11 is 25.0. The van der Waals surface area contributed by atoms with E-state index in [1.54, 1.807) is 12.1 Å². The second-order valence-electron chi connectivity index (χ2n) is 6.23. The van der Waals surface area contributed by atoms with Gasteiger partial charge in [-0.2, -0.15) is 0 Å². The predicted octanol–water partition coefficient (Wildman–Crippen LogP) is 7.31. The number of nitrogens with one attached hydrogen (secondary N) is 1. The summed E-state index contributed by atoms with van der Waals surface area (Å²) in [6, 6.07) is 23.1. The van der Waals surface area contributed by atoms with E-state index in [4.69, 9.17) is 47.0 Å². The Bertz CT molecular complexity index is 1030. The molecule has 0 bridgehead atoms. The van der Waals surface area contributed by atoms with Crippen LogP contribution in [0.2, 0.25) is 15.1 Å². The van der Waals surface area contributed by atoms with Crippen LogP contribution in [-0.4, -0.2) is 16.0 Å². The highest BCUT2D eigenvalue weighted by Crippen LogP contribution is 2.35. The number of halogens is 3. The molecule has 1 amide bonds. The Morgan fingerprint density at radius 3 is 2.20 bits per heavy atom. The van der Waals surface area contributed by atoms with Gasteiger partial charge in [-0.3, -0.25) is 4.79 Å². The minimum atomic E-state index is -0.240. The van der Waals surface area contributed by atoms with Crippen molar-refractivity contribution in [3.8, 4) is 0 Å². The van der Waals surface area contributed by atoms with Gasteiger partial charge < -0.3 is 10.2 Å². The molecular formula is C22H17Cl3N2OS2. The molecule has 3 aromatic rings. The van der Waals surface area contributed by atoms with Crippen LogP contribution in [0.5, 0.6) is 0 Å². The van der Waals surface area contributed by atoms with Gasteiger partial charge in [-0.05, 0) is 29.8 Å². The van der Waals surface area contributed by atoms with Crippen LogP contribution in [0.4, 0.5) is 11.4 Å². The molecule has 0 radical (unpaired) electrons. The summed E-state index contributed by atoms with van der Waals surface area (Å²) < 4.78 is 0.598. The lowest BCUT2D eigenvalue weighted by Crippen LogP contribution is -2.28. The number of rotatable bonds is 6. The van der Waals surface area contributed by atoms with Crippen molar-refractivity contribution in [1.82, 2.24) is 0 Å². The number of thioether (sulfide) groups is 1. The summed E-state index contributed by atoms with van der Waals surface area (Å²) in [5.74, 6) is -0.108. The number of thiocarbonyl (C=S) groups is 1. The lowest BCUT2D eigenvalue weighted by Gasteiger charge is -2.25. The van der Waals surface area contributed by atoms with Gasteiger partial charge in [0, 0.05) is 12.2 Å². The molecular weight excluding hydrogens is 479 g/mol. The number of para-hydroxylation sites is 1. The van der Waals surface area contributed by atoms with E-state index in [1.807, 2.05) is 65.6 Å². The van der Waals surface area contributed by atoms with Crippen molar-refractivity contribution < 1.29 is 4.79 Å². The molecule has 30 heavy (non-hydrogen) atoms. The first-order chi connectivity index (χ1) is 14.5. The van der Waals surface area contributed by atoms with Crippen LogP contribution in [0.3, 0.4) is 0 Å². The number of amides is 1. The van der Waals surface area contributed by atoms with E-state index in [1.165, 1.54) is 11.8 Å². The topological polar surface area (TPSA) is 32.3 Å². The number of carbonyl (C=O) groups excluding carboxylic acids is 1. The normalized spacial score (nSPS) is 10.5. The van der Waals surface area contributed by atoms with Gasteiger partial charge in [0.25, 0.3) is 0 Å². The monoisotopic (exact) mass is 494 g/mol. The molecule has 3 aromatic carbocycles. The number of nitrogens with zero attached hydrogens (tertiary/aromatic N) is 1. The Hall–Kier alpha value is -1.76. The third-order valence-electron chi connectivity index (χ3n) is 4.11. The van der Waals surface area contributed by atoms with Gasteiger partial charge in [0.2, 0.25) is 5.91 Å². The Balaban J connectivity index is 1.67. The lowest BCUT2D eigenvalue weighted by molar-refractivity contribution is -0.113. The highest BCUT2D eigenvalue weighted by atomic mass is 35.5. The molecule has 154 valence electrons. The molecule has 0 atom stereocenters. The molecule has 8 heteroatoms. The van der Waals surface area contributed by atoms with Crippen molar-refractivity contribution in [2.24, 2.45) is 0 Å². The molecule has 0 aromatic heterocycles. The van der Waals surface area contributed by atoms with E-state index >= 15 is 0 Å². The lowest BCUT2D eigenvalue weighted by atomic mass is 10.2. The molecule has 3 rings (SSSR count). The molecule has 1 N–H and O–H groups in total. The van der Waals surface area contributed by atoms with E-state index in [2.05, 4.69) is 5.32 Å². The quantitative estimate of drug-likeness (QED) is 0.287. The van der Waals surface area contributed by atoms with Gasteiger partial charge in [0.1, 0.15) is 4.32 Å². The number of benzene rings is 3. The van der Waals surface area contributed by atoms with E-state index in [9.17, 15) is 4.79 Å². The second kappa shape index (κ2) is 11.0. The fraction of sp³-hybridized carbons (Fsp3) is 0.0909. The summed E-state index contributed by atoms with van der Waals surface area (Å²) in [7, 11) is 0. The Morgan fingerprint density at radius 1 is 0.900 bits per heavy atom. The SMILES string of the molecule is O=C(CSC(=S)N(Cc1ccccc1)c1ccccc1)Nc1ccc(Cl)c(Cl)c1Cl. The van der Waals surface area contributed by atoms with Crippen LogP contribution in [0.1, 0.15) is 5.56 Å². The molecule has 3 nitrogen and oxygen atoms in total. The largest absolute Gasteiger partial charge is 0.324 e. The minimum Gasteiger partial charge on any atom is -0.324 e. The van der Waals surface area contributed by atoms with Crippen LogP contribution in [-0.2, 0) is 11.3 Å². The third-order valence-corrected chi connectivity index (χ3v) is 6.85. The van der Waals surface area contributed by atoms with Gasteiger partial charge in [0.05, 0.1) is 26.5 Å². The zero-order valence-corrected chi connectivity index (χ0v) is 19.5. The van der Waals surface area contributed by atoms with Crippen molar-refractivity contribution in [1.29, 1.82) is 0 Å². The highest BCUT2D eigenvalue weighted by molar-refractivity contribution is 8.23. The average Bonchev–Trinajstić information content (AvgIpc) is 2.77. The number of carbonyl (C=O) groups is 1. The van der Waals surface area contributed by atoms with Crippen molar-refractivity contribution in [3.63, 3.8) is 0 Å². The Labute approximate surface area is 200 Å². The van der Waals surface area contributed by atoms with E-state index < -0.39 is 0 Å². The predicted molar refractivity (Wildman–Crippen MR) is 134 cm³/mol.